The molecule has 4 aromatic rings. The maximum absolute atomic E-state index is 14.3. The van der Waals surface area contributed by atoms with E-state index in [0.717, 1.165) is 25.7 Å². The first kappa shape index (κ1) is 39.8. The van der Waals surface area contributed by atoms with Crippen LogP contribution in [0.4, 0.5) is 10.2 Å². The van der Waals surface area contributed by atoms with Gasteiger partial charge in [0.25, 0.3) is 0 Å². The molecule has 3 atom stereocenters. The summed E-state index contributed by atoms with van der Waals surface area (Å²) in [5.41, 5.74) is 5.92. The van der Waals surface area contributed by atoms with Gasteiger partial charge < -0.3 is 29.4 Å². The first-order chi connectivity index (χ1) is 26.0. The van der Waals surface area contributed by atoms with Gasteiger partial charge in [-0.15, -0.1) is 0 Å². The molecule has 1 aliphatic rings. The molecular formula is C39H46FN5O9. The van der Waals surface area contributed by atoms with Crippen LogP contribution in [0.2, 0.25) is 0 Å². The Kier molecular flexibility index (Phi) is 13.7. The number of esters is 4. The molecule has 1 saturated heterocycles. The second kappa shape index (κ2) is 18.5. The minimum absolute atomic E-state index is 0.0237. The molecule has 2 aromatic carbocycles. The Morgan fingerprint density at radius 2 is 1.43 bits per heavy atom. The number of halogens is 1. The molecule has 0 amide bonds. The fourth-order valence-electron chi connectivity index (χ4n) is 6.13. The highest BCUT2D eigenvalue weighted by Gasteiger charge is 2.50. The van der Waals surface area contributed by atoms with Gasteiger partial charge in [0.2, 0.25) is 0 Å². The number of imidazole rings is 1. The van der Waals surface area contributed by atoms with E-state index in [9.17, 15) is 23.6 Å². The van der Waals surface area contributed by atoms with Gasteiger partial charge in [-0.05, 0) is 31.9 Å². The summed E-state index contributed by atoms with van der Waals surface area (Å²) in [7, 11) is 0. The minimum atomic E-state index is -1.44. The SMILES string of the molecule is CCCCCC(=O)OCc1ccccc1C(=O)OC[C@@]1(C)O[C@@H](n2cnc3c(N)nc(F)nc32)C[C@@H]1OC(=O)c1ccccc1COC(=O)CCCCC. The first-order valence-corrected chi connectivity index (χ1v) is 18.2. The Morgan fingerprint density at radius 1 is 0.852 bits per heavy atom. The van der Waals surface area contributed by atoms with Crippen molar-refractivity contribution in [2.24, 2.45) is 0 Å². The van der Waals surface area contributed by atoms with Crippen LogP contribution in [0.1, 0.15) is 117 Å². The van der Waals surface area contributed by atoms with Gasteiger partial charge in [0.15, 0.2) is 17.0 Å². The van der Waals surface area contributed by atoms with Crippen molar-refractivity contribution in [3.63, 3.8) is 0 Å². The number of nitrogens with two attached hydrogens (primary N) is 1. The summed E-state index contributed by atoms with van der Waals surface area (Å²) in [5.74, 6) is -2.33. The van der Waals surface area contributed by atoms with E-state index in [1.807, 2.05) is 13.8 Å². The summed E-state index contributed by atoms with van der Waals surface area (Å²) in [4.78, 5) is 63.5. The second-order valence-corrected chi connectivity index (χ2v) is 13.3. The number of hydrogen-bond donors (Lipinski definition) is 1. The number of rotatable bonds is 18. The number of fused-ring (bicyclic) bond motifs is 1. The molecule has 1 fully saturated rings. The largest absolute Gasteiger partial charge is 0.461 e. The molecule has 0 unspecified atom stereocenters. The van der Waals surface area contributed by atoms with Crippen molar-refractivity contribution >= 4 is 40.9 Å². The third-order valence-corrected chi connectivity index (χ3v) is 9.19. The number of carbonyl (C=O) groups excluding carboxylic acids is 4. The van der Waals surface area contributed by atoms with Crippen molar-refractivity contribution in [2.75, 3.05) is 12.3 Å². The number of anilines is 1. The highest BCUT2D eigenvalue weighted by Crippen LogP contribution is 2.41. The van der Waals surface area contributed by atoms with Crippen LogP contribution in [-0.4, -0.2) is 61.7 Å². The Labute approximate surface area is 312 Å². The molecule has 288 valence electrons. The molecule has 2 aromatic heterocycles. The lowest BCUT2D eigenvalue weighted by Crippen LogP contribution is -2.44. The lowest BCUT2D eigenvalue weighted by atomic mass is 9.99. The number of hydrogen-bond acceptors (Lipinski definition) is 13. The van der Waals surface area contributed by atoms with Crippen LogP contribution in [0.3, 0.4) is 0 Å². The smallest absolute Gasteiger partial charge is 0.338 e. The Balaban J connectivity index is 1.35. The van der Waals surface area contributed by atoms with Gasteiger partial charge in [0.05, 0.1) is 17.5 Å². The highest BCUT2D eigenvalue weighted by molar-refractivity contribution is 5.92. The van der Waals surface area contributed by atoms with E-state index in [1.54, 1.807) is 55.5 Å². The molecule has 0 saturated carbocycles. The van der Waals surface area contributed by atoms with E-state index in [2.05, 4.69) is 15.0 Å². The van der Waals surface area contributed by atoms with E-state index in [0.29, 0.717) is 24.0 Å². The minimum Gasteiger partial charge on any atom is -0.461 e. The monoisotopic (exact) mass is 747 g/mol. The summed E-state index contributed by atoms with van der Waals surface area (Å²) in [6.07, 6.45) is 4.11. The third-order valence-electron chi connectivity index (χ3n) is 9.19. The van der Waals surface area contributed by atoms with E-state index in [4.69, 9.17) is 29.4 Å². The summed E-state index contributed by atoms with van der Waals surface area (Å²) < 4.78 is 44.9. The Bertz CT molecular complexity index is 1950. The van der Waals surface area contributed by atoms with E-state index in [-0.39, 0.29) is 79.1 Å². The summed E-state index contributed by atoms with van der Waals surface area (Å²) in [6, 6.07) is 13.2. The van der Waals surface area contributed by atoms with Gasteiger partial charge in [-0.3, -0.25) is 14.2 Å². The zero-order valence-corrected chi connectivity index (χ0v) is 30.8. The summed E-state index contributed by atoms with van der Waals surface area (Å²) in [6.45, 7) is 5.08. The van der Waals surface area contributed by atoms with Crippen LogP contribution in [0.25, 0.3) is 11.2 Å². The van der Waals surface area contributed by atoms with Crippen LogP contribution in [-0.2, 0) is 46.5 Å². The van der Waals surface area contributed by atoms with Crippen LogP contribution in [0.5, 0.6) is 0 Å². The van der Waals surface area contributed by atoms with Crippen molar-refractivity contribution in [2.45, 2.75) is 110 Å². The molecule has 3 heterocycles. The van der Waals surface area contributed by atoms with E-state index in [1.165, 1.54) is 10.9 Å². The molecule has 0 aliphatic carbocycles. The van der Waals surface area contributed by atoms with Gasteiger partial charge in [0.1, 0.15) is 37.8 Å². The van der Waals surface area contributed by atoms with Crippen LogP contribution in [0.15, 0.2) is 54.9 Å². The second-order valence-electron chi connectivity index (χ2n) is 13.3. The number of unbranched alkanes of at least 4 members (excludes halogenated alkanes) is 4. The molecule has 5 rings (SSSR count). The summed E-state index contributed by atoms with van der Waals surface area (Å²) >= 11 is 0. The maximum atomic E-state index is 14.3. The molecule has 1 aliphatic heterocycles. The van der Waals surface area contributed by atoms with Gasteiger partial charge in [0, 0.05) is 30.4 Å². The predicted molar refractivity (Wildman–Crippen MR) is 193 cm³/mol. The number of carbonyl (C=O) groups is 4. The van der Waals surface area contributed by atoms with E-state index < -0.39 is 35.9 Å². The van der Waals surface area contributed by atoms with Crippen molar-refractivity contribution in [3.05, 3.63) is 83.2 Å². The Hall–Kier alpha value is -5.44. The van der Waals surface area contributed by atoms with Crippen molar-refractivity contribution in [1.82, 2.24) is 19.5 Å². The Morgan fingerprint density at radius 3 is 2.02 bits per heavy atom. The van der Waals surface area contributed by atoms with Gasteiger partial charge >= 0.3 is 30.0 Å². The molecule has 0 bridgehead atoms. The number of nitrogen functional groups attached to an aromatic ring is 1. The van der Waals surface area contributed by atoms with Gasteiger partial charge in [-0.25, -0.2) is 14.6 Å². The molecule has 54 heavy (non-hydrogen) atoms. The zero-order chi connectivity index (χ0) is 38.7. The normalized spacial score (nSPS) is 18.0. The number of aromatic nitrogens is 4. The maximum Gasteiger partial charge on any atom is 0.338 e. The fraction of sp³-hybridized carbons (Fsp3) is 0.462. The summed E-state index contributed by atoms with van der Waals surface area (Å²) in [5, 5.41) is 0. The van der Waals surface area contributed by atoms with Crippen LogP contribution < -0.4 is 5.73 Å². The van der Waals surface area contributed by atoms with Gasteiger partial charge in [-0.2, -0.15) is 14.4 Å². The van der Waals surface area contributed by atoms with Crippen molar-refractivity contribution in [1.29, 1.82) is 0 Å². The lowest BCUT2D eigenvalue weighted by Gasteiger charge is -2.30. The molecular weight excluding hydrogens is 701 g/mol. The molecule has 0 radical (unpaired) electrons. The standard InChI is InChI=1S/C39H46FN5O9/c1-4-6-8-18-31(46)50-21-25-14-10-12-16-27(25)36(48)52-23-39(3)29(20-30(54-39)45-24-42-33-34(41)43-38(40)44-35(33)45)53-37(49)28-17-13-11-15-26(28)22-51-32(47)19-9-7-5-2/h10-17,24,29-30H,4-9,18-23H2,1-3H3,(H2,41,43,44)/t29-,30+,39+/m0/s1. The highest BCUT2D eigenvalue weighted by atomic mass is 19.1. The van der Waals surface area contributed by atoms with Crippen molar-refractivity contribution in [3.8, 4) is 0 Å². The quantitative estimate of drug-likeness (QED) is 0.0500. The molecule has 14 nitrogen and oxygen atoms in total. The predicted octanol–water partition coefficient (Wildman–Crippen LogP) is 6.55. The first-order valence-electron chi connectivity index (χ1n) is 18.2. The average Bonchev–Trinajstić information content (AvgIpc) is 3.73. The number of benzene rings is 2. The zero-order valence-electron chi connectivity index (χ0n) is 30.8. The average molecular weight is 748 g/mol. The topological polar surface area (TPSA) is 184 Å². The van der Waals surface area contributed by atoms with Crippen molar-refractivity contribution < 1.29 is 47.3 Å². The lowest BCUT2D eigenvalue weighted by molar-refractivity contribution is -0.146. The van der Waals surface area contributed by atoms with Crippen LogP contribution in [0, 0.1) is 6.08 Å². The van der Waals surface area contributed by atoms with E-state index >= 15 is 0 Å². The molecule has 0 spiro atoms. The van der Waals surface area contributed by atoms with Gasteiger partial charge in [-0.1, -0.05) is 75.9 Å². The van der Waals surface area contributed by atoms with Crippen LogP contribution >= 0.6 is 0 Å². The molecule has 15 heteroatoms. The number of nitrogens with zero attached hydrogens (tertiary/aromatic N) is 4. The molecule has 2 N–H and O–H groups in total. The fourth-order valence-corrected chi connectivity index (χ4v) is 6.13. The third kappa shape index (κ3) is 9.95. The number of ether oxygens (including phenoxy) is 5.